The average molecular weight is 271 g/mol. The largest absolute Gasteiger partial charge is 0.396 e. The highest BCUT2D eigenvalue weighted by Gasteiger charge is 2.37. The van der Waals surface area contributed by atoms with E-state index in [0.29, 0.717) is 21.7 Å². The zero-order valence-corrected chi connectivity index (χ0v) is 11.4. The van der Waals surface area contributed by atoms with Crippen molar-refractivity contribution in [2.24, 2.45) is 5.92 Å². The second-order valence-corrected chi connectivity index (χ2v) is 6.07. The van der Waals surface area contributed by atoms with Crippen LogP contribution in [0.25, 0.3) is 0 Å². The molecule has 0 amide bonds. The molecule has 1 aliphatic heterocycles. The predicted octanol–water partition coefficient (Wildman–Crippen LogP) is 3.17. The lowest BCUT2D eigenvalue weighted by Crippen LogP contribution is -2.19. The molecular formula is C13H16Cl2N2. The molecule has 2 unspecified atom stereocenters. The van der Waals surface area contributed by atoms with E-state index in [9.17, 15) is 0 Å². The minimum Gasteiger partial charge on any atom is -0.396 e. The summed E-state index contributed by atoms with van der Waals surface area (Å²) < 4.78 is 0. The van der Waals surface area contributed by atoms with Gasteiger partial charge >= 0.3 is 0 Å². The van der Waals surface area contributed by atoms with Gasteiger partial charge in [-0.15, -0.1) is 0 Å². The molecule has 92 valence electrons. The monoisotopic (exact) mass is 270 g/mol. The first kappa shape index (κ1) is 11.6. The number of anilines is 1. The van der Waals surface area contributed by atoms with E-state index in [4.69, 9.17) is 28.9 Å². The van der Waals surface area contributed by atoms with Crippen molar-refractivity contribution in [1.82, 2.24) is 4.90 Å². The van der Waals surface area contributed by atoms with Crippen LogP contribution in [0.4, 0.5) is 5.69 Å². The van der Waals surface area contributed by atoms with E-state index in [1.165, 1.54) is 24.1 Å². The Morgan fingerprint density at radius 2 is 2.12 bits per heavy atom. The third-order valence-electron chi connectivity index (χ3n) is 4.18. The standard InChI is InChI=1S/C13H16Cl2N2/c1-17-5-7-2-3-8-9(10(7)6-17)4-11(14)13(16)12(8)15/h4,7,10H,2-3,5-6,16H2,1H3. The van der Waals surface area contributed by atoms with E-state index < -0.39 is 0 Å². The van der Waals surface area contributed by atoms with E-state index in [1.807, 2.05) is 6.07 Å². The molecule has 0 aromatic heterocycles. The molecule has 2 N–H and O–H groups in total. The summed E-state index contributed by atoms with van der Waals surface area (Å²) >= 11 is 12.5. The average Bonchev–Trinajstić information content (AvgIpc) is 2.67. The molecule has 0 bridgehead atoms. The third-order valence-corrected chi connectivity index (χ3v) is 4.92. The molecule has 1 aliphatic carbocycles. The molecule has 1 aromatic carbocycles. The van der Waals surface area contributed by atoms with Gasteiger partial charge in [-0.05, 0) is 43.0 Å². The van der Waals surface area contributed by atoms with E-state index in [0.717, 1.165) is 18.9 Å². The molecule has 2 atom stereocenters. The molecule has 17 heavy (non-hydrogen) atoms. The Morgan fingerprint density at radius 3 is 2.88 bits per heavy atom. The zero-order chi connectivity index (χ0) is 12.2. The van der Waals surface area contributed by atoms with E-state index in [-0.39, 0.29) is 0 Å². The predicted molar refractivity (Wildman–Crippen MR) is 72.9 cm³/mol. The van der Waals surface area contributed by atoms with Crippen molar-refractivity contribution >= 4 is 28.9 Å². The van der Waals surface area contributed by atoms with Gasteiger partial charge in [0.25, 0.3) is 0 Å². The van der Waals surface area contributed by atoms with Gasteiger partial charge in [0.1, 0.15) is 0 Å². The van der Waals surface area contributed by atoms with Crippen LogP contribution in [0.3, 0.4) is 0 Å². The number of hydrogen-bond donors (Lipinski definition) is 1. The summed E-state index contributed by atoms with van der Waals surface area (Å²) in [7, 11) is 2.18. The summed E-state index contributed by atoms with van der Waals surface area (Å²) in [4.78, 5) is 2.39. The molecular weight excluding hydrogens is 255 g/mol. The Kier molecular flexibility index (Phi) is 2.77. The molecule has 1 aromatic rings. The van der Waals surface area contributed by atoms with Gasteiger partial charge in [0.15, 0.2) is 0 Å². The fourth-order valence-electron chi connectivity index (χ4n) is 3.34. The molecule has 0 spiro atoms. The number of benzene rings is 1. The Balaban J connectivity index is 2.12. The van der Waals surface area contributed by atoms with Crippen molar-refractivity contribution < 1.29 is 0 Å². The molecule has 0 saturated carbocycles. The van der Waals surface area contributed by atoms with Crippen molar-refractivity contribution in [3.8, 4) is 0 Å². The van der Waals surface area contributed by atoms with Crippen molar-refractivity contribution in [3.63, 3.8) is 0 Å². The van der Waals surface area contributed by atoms with Crippen molar-refractivity contribution in [2.75, 3.05) is 25.9 Å². The first-order valence-corrected chi connectivity index (χ1v) is 6.78. The second kappa shape index (κ2) is 4.04. The van der Waals surface area contributed by atoms with Crippen LogP contribution < -0.4 is 5.73 Å². The summed E-state index contributed by atoms with van der Waals surface area (Å²) in [6.07, 6.45) is 2.24. The maximum Gasteiger partial charge on any atom is 0.0695 e. The van der Waals surface area contributed by atoms with Crippen LogP contribution in [0.15, 0.2) is 6.07 Å². The van der Waals surface area contributed by atoms with Gasteiger partial charge < -0.3 is 10.6 Å². The topological polar surface area (TPSA) is 29.3 Å². The number of nitrogens with two attached hydrogens (primary N) is 1. The number of rotatable bonds is 0. The summed E-state index contributed by atoms with van der Waals surface area (Å²) in [5.74, 6) is 1.34. The van der Waals surface area contributed by atoms with Crippen LogP contribution >= 0.6 is 23.2 Å². The first-order valence-electron chi connectivity index (χ1n) is 6.02. The van der Waals surface area contributed by atoms with Crippen LogP contribution in [-0.4, -0.2) is 25.0 Å². The maximum absolute atomic E-state index is 6.32. The molecule has 1 saturated heterocycles. The number of halogens is 2. The highest BCUT2D eigenvalue weighted by molar-refractivity contribution is 6.39. The van der Waals surface area contributed by atoms with E-state index >= 15 is 0 Å². The number of likely N-dealkylation sites (tertiary alicyclic amines) is 1. The second-order valence-electron chi connectivity index (χ2n) is 5.28. The van der Waals surface area contributed by atoms with Crippen molar-refractivity contribution in [1.29, 1.82) is 0 Å². The number of fused-ring (bicyclic) bond motifs is 3. The maximum atomic E-state index is 6.32. The van der Waals surface area contributed by atoms with Crippen LogP contribution in [0.5, 0.6) is 0 Å². The number of hydrogen-bond acceptors (Lipinski definition) is 2. The Bertz CT molecular complexity index is 473. The lowest BCUT2D eigenvalue weighted by Gasteiger charge is -2.29. The summed E-state index contributed by atoms with van der Waals surface area (Å²) in [5.41, 5.74) is 8.99. The van der Waals surface area contributed by atoms with Crippen LogP contribution in [0.2, 0.25) is 10.0 Å². The molecule has 2 nitrogen and oxygen atoms in total. The summed E-state index contributed by atoms with van der Waals surface area (Å²) in [5, 5.41) is 1.28. The van der Waals surface area contributed by atoms with Gasteiger partial charge in [0, 0.05) is 19.0 Å². The van der Waals surface area contributed by atoms with E-state index in [1.54, 1.807) is 0 Å². The van der Waals surface area contributed by atoms with Gasteiger partial charge in [-0.3, -0.25) is 0 Å². The quantitative estimate of drug-likeness (QED) is 0.734. The first-order chi connectivity index (χ1) is 8.08. The highest BCUT2D eigenvalue weighted by atomic mass is 35.5. The lowest BCUT2D eigenvalue weighted by molar-refractivity contribution is 0.387. The summed E-state index contributed by atoms with van der Waals surface area (Å²) in [6.45, 7) is 2.29. The minimum atomic E-state index is 0.539. The minimum absolute atomic E-state index is 0.539. The number of likely N-dealkylation sites (N-methyl/N-ethyl adjacent to an activating group) is 1. The van der Waals surface area contributed by atoms with Gasteiger partial charge in [-0.1, -0.05) is 23.2 Å². The van der Waals surface area contributed by atoms with Gasteiger partial charge in [-0.2, -0.15) is 0 Å². The van der Waals surface area contributed by atoms with E-state index in [2.05, 4.69) is 11.9 Å². The Hall–Kier alpha value is -0.440. The molecule has 1 fully saturated rings. The van der Waals surface area contributed by atoms with Gasteiger partial charge in [-0.25, -0.2) is 0 Å². The van der Waals surface area contributed by atoms with Crippen LogP contribution in [-0.2, 0) is 6.42 Å². The molecule has 1 heterocycles. The highest BCUT2D eigenvalue weighted by Crippen LogP contribution is 2.46. The van der Waals surface area contributed by atoms with Crippen LogP contribution in [0, 0.1) is 5.92 Å². The SMILES string of the molecule is CN1CC2CCc3c(cc(Cl)c(N)c3Cl)C2C1. The molecule has 3 rings (SSSR count). The fourth-order valence-corrected chi connectivity index (χ4v) is 3.91. The molecule has 2 aliphatic rings. The van der Waals surface area contributed by atoms with Crippen molar-refractivity contribution in [2.45, 2.75) is 18.8 Å². The van der Waals surface area contributed by atoms with Gasteiger partial charge in [0.05, 0.1) is 15.7 Å². The lowest BCUT2D eigenvalue weighted by atomic mass is 9.77. The molecule has 0 radical (unpaired) electrons. The Labute approximate surface area is 112 Å². The number of nitrogens with zero attached hydrogens (tertiary/aromatic N) is 1. The van der Waals surface area contributed by atoms with Gasteiger partial charge in [0.2, 0.25) is 0 Å². The normalized spacial score (nSPS) is 27.9. The summed E-state index contributed by atoms with van der Waals surface area (Å²) in [6, 6.07) is 2.04. The Morgan fingerprint density at radius 1 is 1.35 bits per heavy atom. The smallest absolute Gasteiger partial charge is 0.0695 e. The zero-order valence-electron chi connectivity index (χ0n) is 9.84. The molecule has 4 heteroatoms. The third kappa shape index (κ3) is 1.74. The number of nitrogen functional groups attached to an aromatic ring is 1. The van der Waals surface area contributed by atoms with Crippen LogP contribution in [0.1, 0.15) is 23.5 Å². The van der Waals surface area contributed by atoms with Crippen molar-refractivity contribution in [3.05, 3.63) is 27.2 Å². The fraction of sp³-hybridized carbons (Fsp3) is 0.538.